The van der Waals surface area contributed by atoms with Crippen LogP contribution >= 0.6 is 0 Å². The van der Waals surface area contributed by atoms with E-state index in [-0.39, 0.29) is 17.7 Å². The first-order valence-electron chi connectivity index (χ1n) is 8.16. The van der Waals surface area contributed by atoms with Crippen molar-refractivity contribution >= 4 is 22.7 Å². The van der Waals surface area contributed by atoms with Crippen LogP contribution in [0.2, 0.25) is 0 Å². The van der Waals surface area contributed by atoms with Crippen molar-refractivity contribution in [2.45, 2.75) is 12.8 Å². The fourth-order valence-electron chi connectivity index (χ4n) is 2.72. The van der Waals surface area contributed by atoms with Crippen LogP contribution in [0.4, 0.5) is 4.39 Å². The Morgan fingerprint density at radius 2 is 1.96 bits per heavy atom. The molecule has 26 heavy (non-hydrogen) atoms. The summed E-state index contributed by atoms with van der Waals surface area (Å²) in [5, 5.41) is 1.06. The minimum absolute atomic E-state index is 0.0530. The lowest BCUT2D eigenvalue weighted by molar-refractivity contribution is -0.142. The molecule has 0 atom stereocenters. The first kappa shape index (κ1) is 17.7. The van der Waals surface area contributed by atoms with Gasteiger partial charge >= 0.3 is 5.97 Å². The van der Waals surface area contributed by atoms with Gasteiger partial charge in [-0.05, 0) is 36.2 Å². The smallest absolute Gasteiger partial charge is 0.306 e. The summed E-state index contributed by atoms with van der Waals surface area (Å²) in [5.74, 6) is -1.52. The Labute approximate surface area is 149 Å². The molecular weight excluding hydrogens is 337 g/mol. The molecule has 0 aliphatic heterocycles. The van der Waals surface area contributed by atoms with Crippen LogP contribution in [0, 0.1) is 5.82 Å². The van der Waals surface area contributed by atoms with E-state index in [9.17, 15) is 14.0 Å². The van der Waals surface area contributed by atoms with Gasteiger partial charge in [0.2, 0.25) is 0 Å². The summed E-state index contributed by atoms with van der Waals surface area (Å²) in [6.45, 7) is -0.418. The number of halogens is 1. The lowest BCUT2D eigenvalue weighted by Crippen LogP contribution is -2.14. The van der Waals surface area contributed by atoms with Crippen molar-refractivity contribution in [1.29, 1.82) is 0 Å². The Kier molecular flexibility index (Phi) is 5.31. The summed E-state index contributed by atoms with van der Waals surface area (Å²) in [7, 11) is 1.34. The van der Waals surface area contributed by atoms with Gasteiger partial charge < -0.3 is 14.5 Å². The molecule has 1 N–H and O–H groups in total. The predicted molar refractivity (Wildman–Crippen MR) is 94.9 cm³/mol. The van der Waals surface area contributed by atoms with Gasteiger partial charge in [-0.3, -0.25) is 9.59 Å². The van der Waals surface area contributed by atoms with Crippen molar-refractivity contribution in [3.8, 4) is 5.75 Å². The van der Waals surface area contributed by atoms with E-state index in [0.717, 1.165) is 22.5 Å². The van der Waals surface area contributed by atoms with Gasteiger partial charge in [0, 0.05) is 29.1 Å². The van der Waals surface area contributed by atoms with Crippen molar-refractivity contribution < 1.29 is 23.5 Å². The second kappa shape index (κ2) is 7.82. The Bertz CT molecular complexity index is 948. The largest absolute Gasteiger partial charge is 0.494 e. The second-order valence-electron chi connectivity index (χ2n) is 5.79. The summed E-state index contributed by atoms with van der Waals surface area (Å²) in [5.41, 5.74) is 2.15. The molecule has 5 nitrogen and oxygen atoms in total. The highest BCUT2D eigenvalue weighted by atomic mass is 19.1. The number of H-pyrrole nitrogens is 1. The zero-order valence-corrected chi connectivity index (χ0v) is 14.3. The average molecular weight is 355 g/mol. The number of rotatable bonds is 7. The van der Waals surface area contributed by atoms with Gasteiger partial charge in [-0.1, -0.05) is 18.2 Å². The fourth-order valence-corrected chi connectivity index (χ4v) is 2.72. The lowest BCUT2D eigenvalue weighted by Gasteiger charge is -2.06. The van der Waals surface area contributed by atoms with Crippen molar-refractivity contribution in [3.63, 3.8) is 0 Å². The Hall–Kier alpha value is -3.15. The summed E-state index contributed by atoms with van der Waals surface area (Å²) < 4.78 is 23.4. The summed E-state index contributed by atoms with van der Waals surface area (Å²) in [6, 6.07) is 11.7. The number of carbonyl (C=O) groups is 2. The van der Waals surface area contributed by atoms with Crippen LogP contribution < -0.4 is 4.74 Å². The van der Waals surface area contributed by atoms with Crippen LogP contribution in [-0.2, 0) is 16.0 Å². The van der Waals surface area contributed by atoms with E-state index in [1.807, 2.05) is 30.5 Å². The molecule has 0 fully saturated rings. The zero-order chi connectivity index (χ0) is 18.5. The molecule has 0 aliphatic carbocycles. The Morgan fingerprint density at radius 1 is 1.15 bits per heavy atom. The highest BCUT2D eigenvalue weighted by molar-refractivity contribution is 5.98. The first-order chi connectivity index (χ1) is 12.6. The molecule has 3 aromatic rings. The van der Waals surface area contributed by atoms with Crippen LogP contribution in [0.15, 0.2) is 48.7 Å². The van der Waals surface area contributed by atoms with Gasteiger partial charge in [-0.15, -0.1) is 0 Å². The lowest BCUT2D eigenvalue weighted by atomic mass is 10.1. The number of methoxy groups -OCH3 is 1. The van der Waals surface area contributed by atoms with Gasteiger partial charge in [-0.2, -0.15) is 0 Å². The SMILES string of the molecule is COc1ccc(C(=O)COC(=O)CCc2c[nH]c3ccccc23)cc1F. The molecule has 0 aliphatic rings. The number of hydrogen-bond donors (Lipinski definition) is 1. The maximum absolute atomic E-state index is 13.6. The highest BCUT2D eigenvalue weighted by Gasteiger charge is 2.13. The topological polar surface area (TPSA) is 68.4 Å². The zero-order valence-electron chi connectivity index (χ0n) is 14.3. The van der Waals surface area contributed by atoms with E-state index in [2.05, 4.69) is 4.98 Å². The van der Waals surface area contributed by atoms with Crippen LogP contribution in [0.5, 0.6) is 5.75 Å². The monoisotopic (exact) mass is 355 g/mol. The molecule has 0 amide bonds. The Morgan fingerprint density at radius 3 is 2.73 bits per heavy atom. The molecule has 0 bridgehead atoms. The number of aromatic nitrogens is 1. The number of aromatic amines is 1. The number of Topliss-reactive ketones (excluding diaryl/α,β-unsaturated/α-hetero) is 1. The second-order valence-corrected chi connectivity index (χ2v) is 5.79. The van der Waals surface area contributed by atoms with Gasteiger partial charge in [0.1, 0.15) is 0 Å². The van der Waals surface area contributed by atoms with Crippen LogP contribution in [0.3, 0.4) is 0 Å². The molecule has 0 radical (unpaired) electrons. The van der Waals surface area contributed by atoms with E-state index in [1.54, 1.807) is 0 Å². The molecule has 2 aromatic carbocycles. The molecule has 3 rings (SSSR count). The molecule has 0 unspecified atom stereocenters. The first-order valence-corrected chi connectivity index (χ1v) is 8.16. The molecule has 0 saturated heterocycles. The standard InChI is InChI=1S/C20H18FNO4/c1-25-19-8-6-13(10-16(19)21)18(23)12-26-20(24)9-7-14-11-22-17-5-3-2-4-15(14)17/h2-6,8,10-11,22H,7,9,12H2,1H3. The third-order valence-corrected chi connectivity index (χ3v) is 4.11. The maximum Gasteiger partial charge on any atom is 0.306 e. The van der Waals surface area contributed by atoms with Crippen LogP contribution in [-0.4, -0.2) is 30.5 Å². The number of esters is 1. The summed E-state index contributed by atoms with van der Waals surface area (Å²) in [6.07, 6.45) is 2.53. The minimum Gasteiger partial charge on any atom is -0.494 e. The van der Waals surface area contributed by atoms with E-state index in [4.69, 9.17) is 9.47 Å². The molecule has 134 valence electrons. The number of ether oxygens (including phenoxy) is 2. The molecule has 6 heteroatoms. The van der Waals surface area contributed by atoms with Crippen LogP contribution in [0.25, 0.3) is 10.9 Å². The van der Waals surface area contributed by atoms with E-state index in [0.29, 0.717) is 6.42 Å². The number of ketones is 1. The van der Waals surface area contributed by atoms with Crippen molar-refractivity contribution in [2.24, 2.45) is 0 Å². The van der Waals surface area contributed by atoms with E-state index >= 15 is 0 Å². The fraction of sp³-hybridized carbons (Fsp3) is 0.200. The molecular formula is C20H18FNO4. The van der Waals surface area contributed by atoms with Gasteiger partial charge in [0.25, 0.3) is 0 Å². The number of hydrogen-bond acceptors (Lipinski definition) is 4. The molecule has 1 aromatic heterocycles. The minimum atomic E-state index is -0.635. The van der Waals surface area contributed by atoms with Gasteiger partial charge in [-0.25, -0.2) is 4.39 Å². The van der Waals surface area contributed by atoms with E-state index < -0.39 is 24.2 Å². The number of nitrogens with one attached hydrogen (secondary N) is 1. The predicted octanol–water partition coefficient (Wildman–Crippen LogP) is 3.67. The average Bonchev–Trinajstić information content (AvgIpc) is 3.07. The summed E-state index contributed by atoms with van der Waals surface area (Å²) in [4.78, 5) is 27.1. The van der Waals surface area contributed by atoms with Gasteiger partial charge in [0.15, 0.2) is 24.0 Å². The third kappa shape index (κ3) is 3.91. The Balaban J connectivity index is 1.52. The van der Waals surface area contributed by atoms with Crippen molar-refractivity contribution in [2.75, 3.05) is 13.7 Å². The van der Waals surface area contributed by atoms with E-state index in [1.165, 1.54) is 19.2 Å². The van der Waals surface area contributed by atoms with Crippen LogP contribution in [0.1, 0.15) is 22.3 Å². The molecule has 1 heterocycles. The quantitative estimate of drug-likeness (QED) is 0.519. The van der Waals surface area contributed by atoms with Crippen molar-refractivity contribution in [1.82, 2.24) is 4.98 Å². The summed E-state index contributed by atoms with van der Waals surface area (Å²) >= 11 is 0. The number of para-hydroxylation sites is 1. The van der Waals surface area contributed by atoms with Crippen molar-refractivity contribution in [3.05, 3.63) is 65.6 Å². The molecule has 0 spiro atoms. The number of carbonyl (C=O) groups excluding carboxylic acids is 2. The molecule has 0 saturated carbocycles. The maximum atomic E-state index is 13.6. The number of aryl methyl sites for hydroxylation is 1. The number of benzene rings is 2. The van der Waals surface area contributed by atoms with Gasteiger partial charge in [0.05, 0.1) is 7.11 Å². The normalized spacial score (nSPS) is 10.7. The third-order valence-electron chi connectivity index (χ3n) is 4.11. The highest BCUT2D eigenvalue weighted by Crippen LogP contribution is 2.20. The number of fused-ring (bicyclic) bond motifs is 1.